The molecule has 0 aliphatic carbocycles. The van der Waals surface area contributed by atoms with Gasteiger partial charge in [0.05, 0.1) is 23.8 Å². The molecular formula is C22H28F3N3O3S. The maximum absolute atomic E-state index is 13.5. The first-order valence-electron chi connectivity index (χ1n) is 10.8. The van der Waals surface area contributed by atoms with Gasteiger partial charge in [0.2, 0.25) is 0 Å². The number of alkyl halides is 3. The summed E-state index contributed by atoms with van der Waals surface area (Å²) in [6.45, 7) is 4.23. The van der Waals surface area contributed by atoms with Crippen molar-refractivity contribution in [1.29, 1.82) is 0 Å². The third kappa shape index (κ3) is 6.83. The van der Waals surface area contributed by atoms with Gasteiger partial charge in [0, 0.05) is 17.6 Å². The number of halogens is 3. The first-order chi connectivity index (χ1) is 15.3. The summed E-state index contributed by atoms with van der Waals surface area (Å²) in [6, 6.07) is 3.95. The van der Waals surface area contributed by atoms with Gasteiger partial charge in [-0.3, -0.25) is 9.69 Å². The third-order valence-electron chi connectivity index (χ3n) is 5.42. The fourth-order valence-corrected chi connectivity index (χ4v) is 4.34. The SMILES string of the molecule is CCCCCOc1ccc(Nc2nc(CN3CCC(C(=O)O)CC3)cs2)cc1C(F)(F)F. The zero-order chi connectivity index (χ0) is 23.1. The van der Waals surface area contributed by atoms with Crippen LogP contribution in [0.2, 0.25) is 0 Å². The summed E-state index contributed by atoms with van der Waals surface area (Å²) in [5.41, 5.74) is 0.289. The molecule has 1 aromatic heterocycles. The fourth-order valence-electron chi connectivity index (χ4n) is 3.62. The smallest absolute Gasteiger partial charge is 0.420 e. The van der Waals surface area contributed by atoms with E-state index < -0.39 is 17.7 Å². The molecule has 0 amide bonds. The minimum atomic E-state index is -4.52. The minimum absolute atomic E-state index is 0.163. The molecule has 0 atom stereocenters. The van der Waals surface area contributed by atoms with Crippen LogP contribution in [0.15, 0.2) is 23.6 Å². The van der Waals surface area contributed by atoms with Crippen LogP contribution < -0.4 is 10.1 Å². The standard InChI is InChI=1S/C22H28F3N3O3S/c1-2-3-4-11-31-19-6-5-16(12-18(19)22(23,24)25)26-21-27-17(14-32-21)13-28-9-7-15(8-10-28)20(29)30/h5-6,12,14-15H,2-4,7-11,13H2,1H3,(H,26,27)(H,29,30). The highest BCUT2D eigenvalue weighted by atomic mass is 32.1. The third-order valence-corrected chi connectivity index (χ3v) is 6.22. The number of nitrogens with zero attached hydrogens (tertiary/aromatic N) is 2. The molecule has 0 bridgehead atoms. The van der Waals surface area contributed by atoms with Crippen molar-refractivity contribution in [1.82, 2.24) is 9.88 Å². The molecule has 0 spiro atoms. The first-order valence-corrected chi connectivity index (χ1v) is 11.6. The Labute approximate surface area is 189 Å². The van der Waals surface area contributed by atoms with E-state index in [4.69, 9.17) is 9.84 Å². The molecule has 32 heavy (non-hydrogen) atoms. The zero-order valence-electron chi connectivity index (χ0n) is 18.0. The van der Waals surface area contributed by atoms with Crippen LogP contribution in [0.25, 0.3) is 0 Å². The van der Waals surface area contributed by atoms with Crippen molar-refractivity contribution in [2.45, 2.75) is 51.7 Å². The van der Waals surface area contributed by atoms with Crippen LogP contribution in [0.3, 0.4) is 0 Å². The summed E-state index contributed by atoms with van der Waals surface area (Å²) < 4.78 is 45.9. The number of carboxylic acid groups (broad SMARTS) is 1. The van der Waals surface area contributed by atoms with Gasteiger partial charge in [0.25, 0.3) is 0 Å². The van der Waals surface area contributed by atoms with E-state index in [2.05, 4.69) is 15.2 Å². The van der Waals surface area contributed by atoms with Gasteiger partial charge in [-0.05, 0) is 50.6 Å². The fraction of sp³-hybridized carbons (Fsp3) is 0.545. The van der Waals surface area contributed by atoms with Crippen LogP contribution in [0.1, 0.15) is 50.3 Å². The summed E-state index contributed by atoms with van der Waals surface area (Å²) in [4.78, 5) is 17.7. The van der Waals surface area contributed by atoms with E-state index in [1.165, 1.54) is 17.4 Å². The molecular weight excluding hydrogens is 443 g/mol. The van der Waals surface area contributed by atoms with Gasteiger partial charge in [-0.2, -0.15) is 13.2 Å². The molecule has 1 aliphatic rings. The molecule has 2 heterocycles. The number of thiazole rings is 1. The van der Waals surface area contributed by atoms with Gasteiger partial charge in [-0.15, -0.1) is 11.3 Å². The molecule has 0 saturated carbocycles. The summed E-state index contributed by atoms with van der Waals surface area (Å²) in [5, 5.41) is 14.4. The van der Waals surface area contributed by atoms with Gasteiger partial charge in [0.1, 0.15) is 5.75 Å². The quantitative estimate of drug-likeness (QED) is 0.429. The maximum atomic E-state index is 13.5. The predicted molar refractivity (Wildman–Crippen MR) is 117 cm³/mol. The van der Waals surface area contributed by atoms with Crippen LogP contribution in [0.5, 0.6) is 5.75 Å². The molecule has 2 N–H and O–H groups in total. The molecule has 2 aromatic rings. The van der Waals surface area contributed by atoms with E-state index in [1.807, 2.05) is 12.3 Å². The summed E-state index contributed by atoms with van der Waals surface area (Å²) >= 11 is 1.32. The number of carboxylic acids is 1. The molecule has 0 unspecified atom stereocenters. The van der Waals surface area contributed by atoms with E-state index >= 15 is 0 Å². The van der Waals surface area contributed by atoms with Crippen molar-refractivity contribution in [3.05, 3.63) is 34.8 Å². The van der Waals surface area contributed by atoms with Crippen LogP contribution in [0, 0.1) is 5.92 Å². The molecule has 10 heteroatoms. The Hall–Kier alpha value is -2.33. The lowest BCUT2D eigenvalue weighted by Crippen LogP contribution is -2.35. The van der Waals surface area contributed by atoms with Crippen molar-refractivity contribution < 1.29 is 27.8 Å². The van der Waals surface area contributed by atoms with E-state index in [0.717, 1.165) is 24.6 Å². The normalized spacial score (nSPS) is 15.6. The number of aromatic nitrogens is 1. The predicted octanol–water partition coefficient (Wildman–Crippen LogP) is 5.77. The number of unbranched alkanes of at least 4 members (excludes halogenated alkanes) is 2. The molecule has 1 aromatic carbocycles. The summed E-state index contributed by atoms with van der Waals surface area (Å²) in [6.07, 6.45) is -0.716. The van der Waals surface area contributed by atoms with Crippen LogP contribution in [0.4, 0.5) is 24.0 Å². The minimum Gasteiger partial charge on any atom is -0.493 e. The monoisotopic (exact) mass is 471 g/mol. The maximum Gasteiger partial charge on any atom is 0.420 e. The average molecular weight is 472 g/mol. The number of carbonyl (C=O) groups is 1. The Morgan fingerprint density at radius 3 is 2.72 bits per heavy atom. The van der Waals surface area contributed by atoms with Crippen molar-refractivity contribution >= 4 is 28.1 Å². The molecule has 176 valence electrons. The van der Waals surface area contributed by atoms with Crippen molar-refractivity contribution in [2.24, 2.45) is 5.92 Å². The number of ether oxygens (including phenoxy) is 1. The van der Waals surface area contributed by atoms with Crippen molar-refractivity contribution in [2.75, 3.05) is 25.0 Å². The highest BCUT2D eigenvalue weighted by molar-refractivity contribution is 7.13. The van der Waals surface area contributed by atoms with E-state index in [-0.39, 0.29) is 18.3 Å². The lowest BCUT2D eigenvalue weighted by molar-refractivity contribution is -0.143. The Kier molecular flexibility index (Phi) is 8.36. The number of rotatable bonds is 10. The lowest BCUT2D eigenvalue weighted by atomic mass is 9.97. The number of hydrogen-bond acceptors (Lipinski definition) is 6. The number of likely N-dealkylation sites (tertiary alicyclic amines) is 1. The van der Waals surface area contributed by atoms with E-state index in [0.29, 0.717) is 49.7 Å². The van der Waals surface area contributed by atoms with Gasteiger partial charge in [0.15, 0.2) is 5.13 Å². The number of piperidine rings is 1. The summed E-state index contributed by atoms with van der Waals surface area (Å²) in [7, 11) is 0. The molecule has 3 rings (SSSR count). The van der Waals surface area contributed by atoms with E-state index in [1.54, 1.807) is 6.07 Å². The molecule has 1 fully saturated rings. The topological polar surface area (TPSA) is 74.7 Å². The molecule has 1 saturated heterocycles. The van der Waals surface area contributed by atoms with Crippen LogP contribution in [-0.2, 0) is 17.5 Å². The Bertz CT molecular complexity index is 896. The van der Waals surface area contributed by atoms with Gasteiger partial charge in [-0.25, -0.2) is 4.98 Å². The first kappa shape index (κ1) is 24.3. The van der Waals surface area contributed by atoms with Crippen molar-refractivity contribution in [3.63, 3.8) is 0 Å². The number of nitrogens with one attached hydrogen (secondary N) is 1. The summed E-state index contributed by atoms with van der Waals surface area (Å²) in [5.74, 6) is -1.20. The lowest BCUT2D eigenvalue weighted by Gasteiger charge is -2.29. The number of hydrogen-bond donors (Lipinski definition) is 2. The van der Waals surface area contributed by atoms with Crippen LogP contribution >= 0.6 is 11.3 Å². The van der Waals surface area contributed by atoms with E-state index in [9.17, 15) is 18.0 Å². The number of aliphatic carboxylic acids is 1. The Morgan fingerprint density at radius 1 is 1.31 bits per heavy atom. The van der Waals surface area contributed by atoms with Gasteiger partial charge < -0.3 is 15.2 Å². The highest BCUT2D eigenvalue weighted by Gasteiger charge is 2.35. The van der Waals surface area contributed by atoms with Crippen molar-refractivity contribution in [3.8, 4) is 5.75 Å². The highest BCUT2D eigenvalue weighted by Crippen LogP contribution is 2.38. The second-order valence-corrected chi connectivity index (χ2v) is 8.78. The molecule has 6 nitrogen and oxygen atoms in total. The Morgan fingerprint density at radius 2 is 2.06 bits per heavy atom. The van der Waals surface area contributed by atoms with Gasteiger partial charge >= 0.3 is 12.1 Å². The second-order valence-electron chi connectivity index (χ2n) is 7.92. The molecule has 1 aliphatic heterocycles. The zero-order valence-corrected chi connectivity index (χ0v) is 18.8. The molecule has 0 radical (unpaired) electrons. The van der Waals surface area contributed by atoms with Crippen LogP contribution in [-0.4, -0.2) is 40.7 Å². The second kappa shape index (κ2) is 11.0. The number of anilines is 2. The number of benzene rings is 1. The Balaban J connectivity index is 1.61. The average Bonchev–Trinajstić information content (AvgIpc) is 3.18. The van der Waals surface area contributed by atoms with Gasteiger partial charge in [-0.1, -0.05) is 19.8 Å². The largest absolute Gasteiger partial charge is 0.493 e.